The predicted molar refractivity (Wildman–Crippen MR) is 136 cm³/mol. The number of amides is 2. The van der Waals surface area contributed by atoms with Gasteiger partial charge in [-0.25, -0.2) is 8.42 Å². The smallest absolute Gasteiger partial charge is 0.355 e. The van der Waals surface area contributed by atoms with E-state index in [1.54, 1.807) is 19.9 Å². The Balaban J connectivity index is 2.20. The van der Waals surface area contributed by atoms with Gasteiger partial charge in [-0.1, -0.05) is 34.1 Å². The highest BCUT2D eigenvalue weighted by molar-refractivity contribution is 9.10. The first kappa shape index (κ1) is 29.6. The number of alkyl halides is 3. The number of rotatable bonds is 11. The maximum absolute atomic E-state index is 13.2. The summed E-state index contributed by atoms with van der Waals surface area (Å²) in [5.41, 5.74) is -0.322. The van der Waals surface area contributed by atoms with E-state index in [4.69, 9.17) is 0 Å². The van der Waals surface area contributed by atoms with Gasteiger partial charge in [0.2, 0.25) is 21.8 Å². The molecule has 7 nitrogen and oxygen atoms in total. The van der Waals surface area contributed by atoms with Crippen molar-refractivity contribution in [2.75, 3.05) is 23.7 Å². The van der Waals surface area contributed by atoms with Gasteiger partial charge in [-0.15, -0.1) is 0 Å². The lowest BCUT2D eigenvalue weighted by molar-refractivity contribution is -0.140. The fourth-order valence-electron chi connectivity index (χ4n) is 3.58. The molecule has 2 aromatic carbocycles. The van der Waals surface area contributed by atoms with Crippen molar-refractivity contribution in [2.24, 2.45) is 0 Å². The predicted octanol–water partition coefficient (Wildman–Crippen LogP) is 4.57. The Morgan fingerprint density at radius 1 is 1.11 bits per heavy atom. The monoisotopic (exact) mass is 591 g/mol. The van der Waals surface area contributed by atoms with E-state index in [0.29, 0.717) is 6.54 Å². The number of carbonyl (C=O) groups excluding carboxylic acids is 2. The van der Waals surface area contributed by atoms with E-state index < -0.39 is 27.8 Å². The minimum atomic E-state index is -4.63. The molecule has 2 amide bonds. The molecule has 1 N–H and O–H groups in total. The normalized spacial score (nSPS) is 12.6. The van der Waals surface area contributed by atoms with Gasteiger partial charge in [-0.3, -0.25) is 13.9 Å². The summed E-state index contributed by atoms with van der Waals surface area (Å²) >= 11 is 3.38. The minimum Gasteiger partial charge on any atom is -0.355 e. The fourth-order valence-corrected chi connectivity index (χ4v) is 4.98. The largest absolute Gasteiger partial charge is 0.416 e. The van der Waals surface area contributed by atoms with E-state index in [1.165, 1.54) is 11.0 Å². The molecule has 0 fully saturated rings. The van der Waals surface area contributed by atoms with Gasteiger partial charge in [0.05, 0.1) is 17.5 Å². The van der Waals surface area contributed by atoms with Crippen molar-refractivity contribution in [1.29, 1.82) is 0 Å². The molecule has 0 heterocycles. The van der Waals surface area contributed by atoms with Gasteiger partial charge in [-0.2, -0.15) is 13.2 Å². The van der Waals surface area contributed by atoms with E-state index >= 15 is 0 Å². The summed E-state index contributed by atoms with van der Waals surface area (Å²) in [7, 11) is -3.92. The van der Waals surface area contributed by atoms with E-state index in [0.717, 1.165) is 38.8 Å². The summed E-state index contributed by atoms with van der Waals surface area (Å²) in [6.07, 6.45) is -3.80. The molecule has 0 radical (unpaired) electrons. The Hall–Kier alpha value is -2.60. The van der Waals surface area contributed by atoms with Crippen LogP contribution < -0.4 is 9.62 Å². The quantitative estimate of drug-likeness (QED) is 0.415. The van der Waals surface area contributed by atoms with Crippen molar-refractivity contribution in [3.8, 4) is 0 Å². The van der Waals surface area contributed by atoms with Crippen LogP contribution >= 0.6 is 15.9 Å². The average molecular weight is 592 g/mol. The second kappa shape index (κ2) is 12.6. The van der Waals surface area contributed by atoms with Gasteiger partial charge in [0, 0.05) is 30.5 Å². The van der Waals surface area contributed by atoms with Crippen LogP contribution in [0.2, 0.25) is 0 Å². The lowest BCUT2D eigenvalue weighted by Crippen LogP contribution is -2.47. The van der Waals surface area contributed by atoms with Gasteiger partial charge in [0.15, 0.2) is 0 Å². The molecule has 0 bridgehead atoms. The molecule has 0 saturated heterocycles. The molecule has 36 heavy (non-hydrogen) atoms. The second-order valence-electron chi connectivity index (χ2n) is 8.21. The van der Waals surface area contributed by atoms with Crippen molar-refractivity contribution >= 4 is 43.5 Å². The summed E-state index contributed by atoms with van der Waals surface area (Å²) in [5.74, 6) is -0.714. The third-order valence-electron chi connectivity index (χ3n) is 5.37. The van der Waals surface area contributed by atoms with Crippen LogP contribution in [0.1, 0.15) is 37.8 Å². The summed E-state index contributed by atoms with van der Waals surface area (Å²) < 4.78 is 65.7. The van der Waals surface area contributed by atoms with Crippen molar-refractivity contribution in [2.45, 2.75) is 45.5 Å². The summed E-state index contributed by atoms with van der Waals surface area (Å²) in [6.45, 7) is 3.71. The Kier molecular flexibility index (Phi) is 10.4. The standard InChI is InChI=1S/C24H29BrF3N3O4S/c1-4-29-23(33)17(2)30(16-18-8-5-10-20(25)14-18)22(32)12-7-13-31(36(3,34)35)21-11-6-9-19(15-21)24(26,27)28/h5-6,8-11,14-15,17H,4,7,12-13,16H2,1-3H3,(H,29,33)/t17-/m0/s1. The van der Waals surface area contributed by atoms with E-state index in [1.807, 2.05) is 18.2 Å². The summed E-state index contributed by atoms with van der Waals surface area (Å²) in [4.78, 5) is 27.0. The molecule has 0 aliphatic carbocycles. The van der Waals surface area contributed by atoms with Gasteiger partial charge >= 0.3 is 6.18 Å². The zero-order chi connectivity index (χ0) is 27.1. The number of hydrogen-bond acceptors (Lipinski definition) is 4. The molecule has 2 aromatic rings. The van der Waals surface area contributed by atoms with Gasteiger partial charge in [-0.05, 0) is 56.2 Å². The molecule has 1 atom stereocenters. The SMILES string of the molecule is CCNC(=O)[C@H](C)N(Cc1cccc(Br)c1)C(=O)CCCN(c1cccc(C(F)(F)F)c1)S(C)(=O)=O. The third-order valence-corrected chi connectivity index (χ3v) is 7.06. The molecular weight excluding hydrogens is 563 g/mol. The lowest BCUT2D eigenvalue weighted by atomic mass is 10.1. The molecular formula is C24H29BrF3N3O4S. The molecule has 2 rings (SSSR count). The molecule has 0 aliphatic heterocycles. The maximum atomic E-state index is 13.2. The average Bonchev–Trinajstić information content (AvgIpc) is 2.78. The number of hydrogen-bond donors (Lipinski definition) is 1. The number of benzene rings is 2. The minimum absolute atomic E-state index is 0.0409. The molecule has 0 spiro atoms. The van der Waals surface area contributed by atoms with Gasteiger partial charge < -0.3 is 10.2 Å². The fraction of sp³-hybridized carbons (Fsp3) is 0.417. The van der Waals surface area contributed by atoms with Crippen molar-refractivity contribution < 1.29 is 31.2 Å². The van der Waals surface area contributed by atoms with Crippen LogP contribution in [0.25, 0.3) is 0 Å². The highest BCUT2D eigenvalue weighted by atomic mass is 79.9. The molecule has 12 heteroatoms. The van der Waals surface area contributed by atoms with Crippen LogP contribution in [0, 0.1) is 0 Å². The zero-order valence-electron chi connectivity index (χ0n) is 20.2. The van der Waals surface area contributed by atoms with Gasteiger partial charge in [0.1, 0.15) is 6.04 Å². The van der Waals surface area contributed by atoms with Crippen LogP contribution in [0.4, 0.5) is 18.9 Å². The first-order chi connectivity index (χ1) is 16.7. The lowest BCUT2D eigenvalue weighted by Gasteiger charge is -2.29. The molecule has 0 aromatic heterocycles. The topological polar surface area (TPSA) is 86.8 Å². The van der Waals surface area contributed by atoms with Crippen LogP contribution in [-0.2, 0) is 32.3 Å². The second-order valence-corrected chi connectivity index (χ2v) is 11.0. The zero-order valence-corrected chi connectivity index (χ0v) is 22.6. The molecule has 0 aliphatic rings. The van der Waals surface area contributed by atoms with Crippen molar-refractivity contribution in [1.82, 2.24) is 10.2 Å². The highest BCUT2D eigenvalue weighted by Gasteiger charge is 2.32. The molecule has 0 saturated carbocycles. The van der Waals surface area contributed by atoms with Crippen molar-refractivity contribution in [3.63, 3.8) is 0 Å². The van der Waals surface area contributed by atoms with Crippen LogP contribution in [0.3, 0.4) is 0 Å². The number of nitrogens with zero attached hydrogens (tertiary/aromatic N) is 2. The first-order valence-corrected chi connectivity index (χ1v) is 13.8. The molecule has 198 valence electrons. The Labute approximate surface area is 217 Å². The maximum Gasteiger partial charge on any atom is 0.416 e. The van der Waals surface area contributed by atoms with E-state index in [9.17, 15) is 31.2 Å². The number of carbonyl (C=O) groups is 2. The summed E-state index contributed by atoms with van der Waals surface area (Å²) in [6, 6.07) is 10.5. The van der Waals surface area contributed by atoms with Crippen LogP contribution in [-0.4, -0.2) is 50.5 Å². The van der Waals surface area contributed by atoms with Crippen LogP contribution in [0.15, 0.2) is 53.0 Å². The first-order valence-electron chi connectivity index (χ1n) is 11.2. The van der Waals surface area contributed by atoms with Crippen molar-refractivity contribution in [3.05, 3.63) is 64.1 Å². The number of halogens is 4. The summed E-state index contributed by atoms with van der Waals surface area (Å²) in [5, 5.41) is 2.69. The number of anilines is 1. The Morgan fingerprint density at radius 2 is 1.78 bits per heavy atom. The Morgan fingerprint density at radius 3 is 2.36 bits per heavy atom. The Bertz CT molecular complexity index is 1180. The molecule has 0 unspecified atom stereocenters. The highest BCUT2D eigenvalue weighted by Crippen LogP contribution is 2.32. The van der Waals surface area contributed by atoms with Gasteiger partial charge in [0.25, 0.3) is 0 Å². The van der Waals surface area contributed by atoms with E-state index in [-0.39, 0.29) is 43.4 Å². The number of nitrogens with one attached hydrogen (secondary N) is 1. The number of likely N-dealkylation sites (N-methyl/N-ethyl adjacent to an activating group) is 1. The third kappa shape index (κ3) is 8.51. The number of sulfonamides is 1. The van der Waals surface area contributed by atoms with E-state index in [2.05, 4.69) is 21.2 Å². The van der Waals surface area contributed by atoms with Crippen LogP contribution in [0.5, 0.6) is 0 Å².